The molecule has 106 valence electrons. The Morgan fingerprint density at radius 3 is 2.63 bits per heavy atom. The minimum atomic E-state index is -1.86. The van der Waals surface area contributed by atoms with Crippen LogP contribution in [0.25, 0.3) is 0 Å². The van der Waals surface area contributed by atoms with E-state index in [1.54, 1.807) is 12.2 Å². The molecule has 0 heterocycles. The van der Waals surface area contributed by atoms with Crippen LogP contribution in [0, 0.1) is 0 Å². The molecule has 0 bridgehead atoms. The van der Waals surface area contributed by atoms with E-state index in [1.165, 1.54) is 6.08 Å². The van der Waals surface area contributed by atoms with Crippen molar-refractivity contribution in [3.05, 3.63) is 23.8 Å². The average Bonchev–Trinajstić information content (AvgIpc) is 2.43. The summed E-state index contributed by atoms with van der Waals surface area (Å²) in [5.41, 5.74) is 0.216. The van der Waals surface area contributed by atoms with E-state index in [9.17, 15) is 14.1 Å². The molecule has 0 aromatic carbocycles. The minimum Gasteiger partial charge on any atom is -0.478 e. The first-order chi connectivity index (χ1) is 9.10. The van der Waals surface area contributed by atoms with Crippen molar-refractivity contribution >= 4 is 11.9 Å². The monoisotopic (exact) mass is 276 g/mol. The van der Waals surface area contributed by atoms with Crippen LogP contribution >= 0.6 is 0 Å². The molecule has 1 unspecified atom stereocenters. The van der Waals surface area contributed by atoms with Gasteiger partial charge in [0, 0.05) is 7.11 Å². The summed E-state index contributed by atoms with van der Waals surface area (Å²) < 4.78 is 20.8. The molecule has 0 fully saturated rings. The number of ether oxygens (including phenoxy) is 2. The topological polar surface area (TPSA) is 91.3 Å². The number of rotatable bonds is 7. The van der Waals surface area contributed by atoms with Gasteiger partial charge in [0.25, 0.3) is 6.10 Å². The molecule has 0 radical (unpaired) electrons. The maximum absolute atomic E-state index is 11.7. The number of hydrogen-bond acceptors (Lipinski definition) is 6. The number of methoxy groups -OCH3 is 1. The van der Waals surface area contributed by atoms with Crippen LogP contribution in [-0.4, -0.2) is 36.5 Å². The van der Waals surface area contributed by atoms with Crippen molar-refractivity contribution in [3.8, 4) is 0 Å². The fourth-order valence-corrected chi connectivity index (χ4v) is 1.42. The van der Waals surface area contributed by atoms with Crippen molar-refractivity contribution < 1.29 is 38.7 Å². The summed E-state index contributed by atoms with van der Waals surface area (Å²) in [5, 5.41) is 11.7. The average molecular weight is 276 g/mol. The Kier molecular flexibility index (Phi) is 6.13. The molecule has 0 aromatic heterocycles. The predicted molar refractivity (Wildman–Crippen MR) is 58.0 cm³/mol. The Balaban J connectivity index is 2.72. The summed E-state index contributed by atoms with van der Waals surface area (Å²) in [5.74, 6) is -2.43. The molecule has 1 N–H and O–H groups in total. The van der Waals surface area contributed by atoms with E-state index in [0.717, 1.165) is 13.5 Å². The van der Waals surface area contributed by atoms with E-state index in [0.29, 0.717) is 6.42 Å². The smallest absolute Gasteiger partial charge is 0.350 e. The first-order valence-electron chi connectivity index (χ1n) is 5.37. The standard InChI is InChI=1S/C11H13FO7/c1-16-11(18-19-12)8(9(13)14)17-10(15)7-5-3-2-4-6-7/h3,5-6,8,11H,2,4H2,1H3,(H,13,14)/t8?,11-/m0/s1. The second kappa shape index (κ2) is 7.62. The summed E-state index contributed by atoms with van der Waals surface area (Å²) in [6, 6.07) is 0. The maximum Gasteiger partial charge on any atom is 0.350 e. The summed E-state index contributed by atoms with van der Waals surface area (Å²) in [6.45, 7) is 0. The molecule has 0 aliphatic heterocycles. The van der Waals surface area contributed by atoms with Crippen molar-refractivity contribution in [1.82, 2.24) is 0 Å². The van der Waals surface area contributed by atoms with E-state index < -0.39 is 24.3 Å². The van der Waals surface area contributed by atoms with Gasteiger partial charge in [0.15, 0.2) is 0 Å². The quantitative estimate of drug-likeness (QED) is 0.322. The van der Waals surface area contributed by atoms with Gasteiger partial charge in [-0.3, -0.25) is 0 Å². The van der Waals surface area contributed by atoms with Gasteiger partial charge in [0.2, 0.25) is 6.29 Å². The van der Waals surface area contributed by atoms with Crippen LogP contribution in [0.5, 0.6) is 0 Å². The van der Waals surface area contributed by atoms with Gasteiger partial charge in [0.1, 0.15) is 0 Å². The van der Waals surface area contributed by atoms with Crippen molar-refractivity contribution in [2.45, 2.75) is 25.2 Å². The molecule has 0 aromatic rings. The van der Waals surface area contributed by atoms with Gasteiger partial charge in [-0.1, -0.05) is 18.2 Å². The van der Waals surface area contributed by atoms with Crippen LogP contribution < -0.4 is 0 Å². The number of carboxylic acids is 1. The van der Waals surface area contributed by atoms with Crippen LogP contribution in [0.2, 0.25) is 0 Å². The number of allylic oxidation sites excluding steroid dienone is 2. The molecule has 7 nitrogen and oxygen atoms in total. The number of carboxylic acid groups (broad SMARTS) is 1. The van der Waals surface area contributed by atoms with E-state index in [4.69, 9.17) is 9.84 Å². The van der Waals surface area contributed by atoms with Crippen LogP contribution in [-0.2, 0) is 29.0 Å². The number of esters is 1. The SMILES string of the molecule is CO[C@@H](OOF)C(OC(=O)C1=CCCC=C1)C(=O)O. The normalized spacial score (nSPS) is 17.5. The van der Waals surface area contributed by atoms with Gasteiger partial charge in [-0.25, -0.2) is 9.59 Å². The second-order valence-electron chi connectivity index (χ2n) is 3.57. The highest BCUT2D eigenvalue weighted by Gasteiger charge is 2.35. The summed E-state index contributed by atoms with van der Waals surface area (Å²) in [6.07, 6.45) is 2.73. The highest BCUT2D eigenvalue weighted by Crippen LogP contribution is 2.14. The van der Waals surface area contributed by atoms with Crippen molar-refractivity contribution in [2.75, 3.05) is 7.11 Å². The molecule has 0 saturated heterocycles. The fraction of sp³-hybridized carbons (Fsp3) is 0.455. The van der Waals surface area contributed by atoms with Crippen molar-refractivity contribution in [1.29, 1.82) is 0 Å². The van der Waals surface area contributed by atoms with Crippen LogP contribution in [0.4, 0.5) is 4.53 Å². The lowest BCUT2D eigenvalue weighted by Gasteiger charge is -2.20. The highest BCUT2D eigenvalue weighted by atomic mass is 19.3. The molecule has 1 aliphatic carbocycles. The summed E-state index contributed by atoms with van der Waals surface area (Å²) in [4.78, 5) is 26.5. The molecule has 0 amide bonds. The van der Waals surface area contributed by atoms with Crippen LogP contribution in [0.15, 0.2) is 23.8 Å². The third-order valence-electron chi connectivity index (χ3n) is 2.32. The molecular formula is C11H13FO7. The van der Waals surface area contributed by atoms with Gasteiger partial charge in [0.05, 0.1) is 5.57 Å². The first-order valence-corrected chi connectivity index (χ1v) is 5.37. The van der Waals surface area contributed by atoms with E-state index in [-0.39, 0.29) is 5.57 Å². The zero-order valence-corrected chi connectivity index (χ0v) is 10.1. The molecule has 1 aliphatic rings. The zero-order valence-electron chi connectivity index (χ0n) is 10.1. The molecular weight excluding hydrogens is 263 g/mol. The Morgan fingerprint density at radius 1 is 1.42 bits per heavy atom. The lowest BCUT2D eigenvalue weighted by Crippen LogP contribution is -2.41. The molecule has 8 heteroatoms. The zero-order chi connectivity index (χ0) is 14.3. The first kappa shape index (κ1) is 15.3. The Morgan fingerprint density at radius 2 is 2.16 bits per heavy atom. The lowest BCUT2D eigenvalue weighted by atomic mass is 10.1. The van der Waals surface area contributed by atoms with E-state index >= 15 is 0 Å². The van der Waals surface area contributed by atoms with Gasteiger partial charge >= 0.3 is 11.9 Å². The Bertz CT molecular complexity index is 391. The number of aliphatic carboxylic acids is 1. The molecule has 0 spiro atoms. The third kappa shape index (κ3) is 4.43. The predicted octanol–water partition coefficient (Wildman–Crippen LogP) is 1.06. The minimum absolute atomic E-state index is 0.216. The second-order valence-corrected chi connectivity index (χ2v) is 3.57. The van der Waals surface area contributed by atoms with E-state index in [2.05, 4.69) is 14.7 Å². The molecule has 0 saturated carbocycles. The van der Waals surface area contributed by atoms with Gasteiger partial charge in [-0.05, 0) is 22.5 Å². The van der Waals surface area contributed by atoms with Crippen molar-refractivity contribution in [3.63, 3.8) is 0 Å². The number of hydrogen-bond donors (Lipinski definition) is 1. The lowest BCUT2D eigenvalue weighted by molar-refractivity contribution is -0.484. The number of carbonyl (C=O) groups excluding carboxylic acids is 1. The third-order valence-corrected chi connectivity index (χ3v) is 2.32. The largest absolute Gasteiger partial charge is 0.478 e. The Labute approximate surface area is 108 Å². The molecule has 1 rings (SSSR count). The molecule has 19 heavy (non-hydrogen) atoms. The van der Waals surface area contributed by atoms with Crippen molar-refractivity contribution in [2.24, 2.45) is 0 Å². The molecule has 2 atom stereocenters. The number of carbonyl (C=O) groups is 2. The van der Waals surface area contributed by atoms with Crippen LogP contribution in [0.1, 0.15) is 12.8 Å². The van der Waals surface area contributed by atoms with Crippen LogP contribution in [0.3, 0.4) is 0 Å². The summed E-state index contributed by atoms with van der Waals surface area (Å²) >= 11 is 0. The van der Waals surface area contributed by atoms with Gasteiger partial charge in [-0.2, -0.15) is 4.89 Å². The summed E-state index contributed by atoms with van der Waals surface area (Å²) in [7, 11) is 1.05. The maximum atomic E-state index is 11.7. The Hall–Kier alpha value is -1.77. The van der Waals surface area contributed by atoms with E-state index in [1.807, 2.05) is 0 Å². The highest BCUT2D eigenvalue weighted by molar-refractivity contribution is 5.93. The fourth-order valence-electron chi connectivity index (χ4n) is 1.42. The van der Waals surface area contributed by atoms with Gasteiger partial charge < -0.3 is 14.6 Å². The number of halogens is 1. The van der Waals surface area contributed by atoms with Gasteiger partial charge in [-0.15, -0.1) is 0 Å².